The summed E-state index contributed by atoms with van der Waals surface area (Å²) in [6.45, 7) is 9.94. The minimum Gasteiger partial charge on any atom is -0.352 e. The highest BCUT2D eigenvalue weighted by molar-refractivity contribution is 7.19. The van der Waals surface area contributed by atoms with Crippen LogP contribution in [0.5, 0.6) is 0 Å². The zero-order chi connectivity index (χ0) is 22.9. The minimum absolute atomic E-state index is 0.218. The van der Waals surface area contributed by atoms with Gasteiger partial charge in [-0.05, 0) is 42.7 Å². The fourth-order valence-electron chi connectivity index (χ4n) is 5.02. The van der Waals surface area contributed by atoms with Gasteiger partial charge in [-0.1, -0.05) is 51.1 Å². The van der Waals surface area contributed by atoms with Crippen molar-refractivity contribution in [3.63, 3.8) is 0 Å². The first-order chi connectivity index (χ1) is 16.0. The number of fused-ring (bicyclic) bond motifs is 3. The van der Waals surface area contributed by atoms with Gasteiger partial charge in [0, 0.05) is 37.0 Å². The van der Waals surface area contributed by atoms with E-state index in [9.17, 15) is 4.79 Å². The van der Waals surface area contributed by atoms with Crippen molar-refractivity contribution < 1.29 is 4.79 Å². The maximum absolute atomic E-state index is 12.9. The maximum Gasteiger partial charge on any atom is 0.227 e. The highest BCUT2D eigenvalue weighted by Gasteiger charge is 2.29. The number of rotatable bonds is 5. The third-order valence-corrected chi connectivity index (χ3v) is 8.48. The minimum atomic E-state index is 0.218. The predicted molar refractivity (Wildman–Crippen MR) is 136 cm³/mol. The largest absolute Gasteiger partial charge is 0.352 e. The van der Waals surface area contributed by atoms with Crippen molar-refractivity contribution in [1.82, 2.24) is 14.9 Å². The second-order valence-electron chi connectivity index (χ2n) is 9.78. The molecule has 1 aliphatic heterocycles. The van der Waals surface area contributed by atoms with Gasteiger partial charge in [-0.25, -0.2) is 9.97 Å². The van der Waals surface area contributed by atoms with Crippen LogP contribution in [0.4, 0.5) is 5.82 Å². The molecule has 2 aliphatic rings. The van der Waals surface area contributed by atoms with Crippen molar-refractivity contribution in [2.45, 2.75) is 58.8 Å². The van der Waals surface area contributed by atoms with Crippen molar-refractivity contribution in [2.75, 3.05) is 31.1 Å². The predicted octanol–water partition coefficient (Wildman–Crippen LogP) is 5.22. The zero-order valence-corrected chi connectivity index (χ0v) is 20.8. The van der Waals surface area contributed by atoms with Crippen LogP contribution in [0, 0.1) is 5.92 Å². The number of carbonyl (C=O) groups is 1. The number of aromatic nitrogens is 2. The molecule has 5 nitrogen and oxygen atoms in total. The Morgan fingerprint density at radius 1 is 1.15 bits per heavy atom. The molecular weight excluding hydrogens is 428 g/mol. The van der Waals surface area contributed by atoms with E-state index in [1.807, 2.05) is 46.6 Å². The molecule has 1 fully saturated rings. The van der Waals surface area contributed by atoms with Gasteiger partial charge in [-0.2, -0.15) is 0 Å². The van der Waals surface area contributed by atoms with Crippen molar-refractivity contribution >= 4 is 33.3 Å². The van der Waals surface area contributed by atoms with Crippen LogP contribution in [0.1, 0.15) is 61.4 Å². The standard InChI is InChI=1S/C27H34N4OS/c1-4-19(3)25-28-26(24-21-11-10-18(2)16-22(21)33-27(24)29-25)31-14-12-30(13-15-31)23(32)17-20-8-6-5-7-9-20/h5-9,18-19H,4,10-17H2,1-3H3. The Morgan fingerprint density at radius 3 is 2.64 bits per heavy atom. The number of benzene rings is 1. The summed E-state index contributed by atoms with van der Waals surface area (Å²) >= 11 is 1.89. The van der Waals surface area contributed by atoms with Crippen LogP contribution < -0.4 is 4.90 Å². The van der Waals surface area contributed by atoms with Gasteiger partial charge >= 0.3 is 0 Å². The lowest BCUT2D eigenvalue weighted by molar-refractivity contribution is -0.130. The fraction of sp³-hybridized carbons (Fsp3) is 0.519. The molecule has 33 heavy (non-hydrogen) atoms. The van der Waals surface area contributed by atoms with Gasteiger partial charge < -0.3 is 9.80 Å². The second kappa shape index (κ2) is 9.41. The lowest BCUT2D eigenvalue weighted by Gasteiger charge is -2.36. The van der Waals surface area contributed by atoms with Crippen molar-refractivity contribution in [3.05, 3.63) is 52.2 Å². The number of anilines is 1. The summed E-state index contributed by atoms with van der Waals surface area (Å²) in [5.74, 6) is 3.39. The Labute approximate surface area is 200 Å². The smallest absolute Gasteiger partial charge is 0.227 e. The summed E-state index contributed by atoms with van der Waals surface area (Å²) in [7, 11) is 0. The van der Waals surface area contributed by atoms with E-state index in [4.69, 9.17) is 9.97 Å². The van der Waals surface area contributed by atoms with Gasteiger partial charge in [0.2, 0.25) is 5.91 Å². The lowest BCUT2D eigenvalue weighted by Crippen LogP contribution is -2.49. The van der Waals surface area contributed by atoms with Crippen molar-refractivity contribution in [1.29, 1.82) is 0 Å². The van der Waals surface area contributed by atoms with E-state index in [0.29, 0.717) is 12.3 Å². The Bertz CT molecular complexity index is 1130. The van der Waals surface area contributed by atoms with Crippen LogP contribution in [-0.4, -0.2) is 47.0 Å². The molecule has 3 heterocycles. The molecule has 174 valence electrons. The number of nitrogens with zero attached hydrogens (tertiary/aromatic N) is 4. The molecule has 0 bridgehead atoms. The van der Waals surface area contributed by atoms with Crippen LogP contribution in [0.2, 0.25) is 0 Å². The van der Waals surface area contributed by atoms with Crippen LogP contribution in [0.25, 0.3) is 10.2 Å². The summed E-state index contributed by atoms with van der Waals surface area (Å²) in [5.41, 5.74) is 2.57. The summed E-state index contributed by atoms with van der Waals surface area (Å²) in [6.07, 6.45) is 5.05. The Hall–Kier alpha value is -2.47. The first kappa shape index (κ1) is 22.3. The third kappa shape index (κ3) is 4.50. The highest BCUT2D eigenvalue weighted by atomic mass is 32.1. The molecule has 0 saturated carbocycles. The Balaban J connectivity index is 1.40. The molecular formula is C27H34N4OS. The molecule has 3 aromatic rings. The third-order valence-electron chi connectivity index (χ3n) is 7.34. The molecule has 0 radical (unpaired) electrons. The van der Waals surface area contributed by atoms with E-state index in [1.165, 1.54) is 22.2 Å². The number of hydrogen-bond donors (Lipinski definition) is 0. The molecule has 6 heteroatoms. The highest BCUT2D eigenvalue weighted by Crippen LogP contribution is 2.41. The molecule has 0 spiro atoms. The zero-order valence-electron chi connectivity index (χ0n) is 20.0. The van der Waals surface area contributed by atoms with E-state index < -0.39 is 0 Å². The number of hydrogen-bond acceptors (Lipinski definition) is 5. The molecule has 0 N–H and O–H groups in total. The van der Waals surface area contributed by atoms with E-state index in [2.05, 4.69) is 25.7 Å². The summed E-state index contributed by atoms with van der Waals surface area (Å²) in [6, 6.07) is 10.0. The quantitative estimate of drug-likeness (QED) is 0.522. The average Bonchev–Trinajstić information content (AvgIpc) is 3.21. The van der Waals surface area contributed by atoms with Crippen LogP contribution in [-0.2, 0) is 24.1 Å². The van der Waals surface area contributed by atoms with E-state index in [1.54, 1.807) is 0 Å². The maximum atomic E-state index is 12.9. The Morgan fingerprint density at radius 2 is 1.91 bits per heavy atom. The van der Waals surface area contributed by atoms with Gasteiger partial charge in [-0.3, -0.25) is 4.79 Å². The Kier molecular flexibility index (Phi) is 6.37. The fourth-order valence-corrected chi connectivity index (χ4v) is 6.41. The summed E-state index contributed by atoms with van der Waals surface area (Å²) < 4.78 is 0. The van der Waals surface area contributed by atoms with Gasteiger partial charge in [0.05, 0.1) is 11.8 Å². The SMILES string of the molecule is CCC(C)c1nc(N2CCN(C(=O)Cc3ccccc3)CC2)c2c3c(sc2n1)CC(C)CC3. The van der Waals surface area contributed by atoms with Crippen LogP contribution in [0.3, 0.4) is 0 Å². The van der Waals surface area contributed by atoms with Gasteiger partial charge in [0.25, 0.3) is 0 Å². The summed E-state index contributed by atoms with van der Waals surface area (Å²) in [4.78, 5) is 30.2. The molecule has 2 unspecified atom stereocenters. The molecule has 1 saturated heterocycles. The lowest BCUT2D eigenvalue weighted by atomic mass is 9.89. The molecule has 2 atom stereocenters. The van der Waals surface area contributed by atoms with Crippen molar-refractivity contribution in [3.8, 4) is 0 Å². The van der Waals surface area contributed by atoms with E-state index in [-0.39, 0.29) is 5.91 Å². The monoisotopic (exact) mass is 462 g/mol. The first-order valence-electron chi connectivity index (χ1n) is 12.4. The molecule has 1 aromatic carbocycles. The second-order valence-corrected chi connectivity index (χ2v) is 10.9. The molecule has 1 amide bonds. The average molecular weight is 463 g/mol. The van der Waals surface area contributed by atoms with E-state index >= 15 is 0 Å². The van der Waals surface area contributed by atoms with Gasteiger partial charge in [0.15, 0.2) is 0 Å². The first-order valence-corrected chi connectivity index (χ1v) is 13.2. The molecule has 2 aromatic heterocycles. The number of aryl methyl sites for hydroxylation is 1. The van der Waals surface area contributed by atoms with Crippen LogP contribution >= 0.6 is 11.3 Å². The molecule has 1 aliphatic carbocycles. The number of carbonyl (C=O) groups excluding carboxylic acids is 1. The number of amides is 1. The summed E-state index contributed by atoms with van der Waals surface area (Å²) in [5, 5.41) is 1.29. The number of thiophene rings is 1. The van der Waals surface area contributed by atoms with E-state index in [0.717, 1.165) is 73.4 Å². The van der Waals surface area contributed by atoms with Crippen molar-refractivity contribution in [2.24, 2.45) is 5.92 Å². The topological polar surface area (TPSA) is 49.3 Å². The number of piperazine rings is 1. The van der Waals surface area contributed by atoms with Crippen LogP contribution in [0.15, 0.2) is 30.3 Å². The van der Waals surface area contributed by atoms with Gasteiger partial charge in [0.1, 0.15) is 16.5 Å². The van der Waals surface area contributed by atoms with Gasteiger partial charge in [-0.15, -0.1) is 11.3 Å². The normalized spacial score (nSPS) is 19.5. The molecule has 5 rings (SSSR count).